The number of halogens is 1. The number of sulfonamides is 1. The van der Waals surface area contributed by atoms with Crippen molar-refractivity contribution in [2.45, 2.75) is 18.4 Å². The minimum atomic E-state index is -3.77. The van der Waals surface area contributed by atoms with Crippen molar-refractivity contribution >= 4 is 21.6 Å². The molecule has 0 radical (unpaired) electrons. The molecule has 0 saturated carbocycles. The van der Waals surface area contributed by atoms with Gasteiger partial charge in [-0.3, -0.25) is 0 Å². The number of benzene rings is 2. The summed E-state index contributed by atoms with van der Waals surface area (Å²) in [6, 6.07) is 11.7. The van der Waals surface area contributed by atoms with Gasteiger partial charge in [0.15, 0.2) is 0 Å². The molecule has 0 aliphatic rings. The lowest BCUT2D eigenvalue weighted by Crippen LogP contribution is -2.24. The molecule has 0 bridgehead atoms. The largest absolute Gasteiger partial charge is 0.496 e. The quantitative estimate of drug-likeness (QED) is 0.828. The Morgan fingerprint density at radius 1 is 1.13 bits per heavy atom. The van der Waals surface area contributed by atoms with Gasteiger partial charge in [0, 0.05) is 17.1 Å². The molecular weight excluding hydrogens is 338 g/mol. The standard InChI is InChI=1S/C16H18ClNO4S/c1-3-22-15-9-8-13(17)10-16(15)23(19,20)18-11-12-6-4-5-7-14(12)21-2/h4-10,18H,3,11H2,1-2H3. The van der Waals surface area contributed by atoms with Crippen LogP contribution in [0.2, 0.25) is 5.02 Å². The Kier molecular flexibility index (Phi) is 5.87. The van der Waals surface area contributed by atoms with Crippen LogP contribution in [0, 0.1) is 0 Å². The van der Waals surface area contributed by atoms with Crippen LogP contribution in [0.3, 0.4) is 0 Å². The van der Waals surface area contributed by atoms with Gasteiger partial charge in [0.05, 0.1) is 13.7 Å². The fourth-order valence-corrected chi connectivity index (χ4v) is 3.48. The van der Waals surface area contributed by atoms with Crippen molar-refractivity contribution in [3.63, 3.8) is 0 Å². The van der Waals surface area contributed by atoms with E-state index in [1.165, 1.54) is 13.2 Å². The zero-order valence-electron chi connectivity index (χ0n) is 12.9. The van der Waals surface area contributed by atoms with Gasteiger partial charge < -0.3 is 9.47 Å². The molecule has 2 rings (SSSR count). The highest BCUT2D eigenvalue weighted by molar-refractivity contribution is 7.89. The van der Waals surface area contributed by atoms with E-state index < -0.39 is 10.0 Å². The SMILES string of the molecule is CCOc1ccc(Cl)cc1S(=O)(=O)NCc1ccccc1OC. The normalized spacial score (nSPS) is 11.3. The average Bonchev–Trinajstić information content (AvgIpc) is 2.55. The molecule has 1 N–H and O–H groups in total. The van der Waals surface area contributed by atoms with Crippen molar-refractivity contribution in [3.05, 3.63) is 53.1 Å². The van der Waals surface area contributed by atoms with Crippen LogP contribution in [0.15, 0.2) is 47.4 Å². The summed E-state index contributed by atoms with van der Waals surface area (Å²) in [7, 11) is -2.23. The number of hydrogen-bond acceptors (Lipinski definition) is 4. The number of hydrogen-bond donors (Lipinski definition) is 1. The second kappa shape index (κ2) is 7.68. The van der Waals surface area contributed by atoms with Crippen molar-refractivity contribution < 1.29 is 17.9 Å². The van der Waals surface area contributed by atoms with Gasteiger partial charge in [-0.2, -0.15) is 0 Å². The molecule has 23 heavy (non-hydrogen) atoms. The maximum Gasteiger partial charge on any atom is 0.244 e. The van der Waals surface area contributed by atoms with E-state index in [9.17, 15) is 8.42 Å². The van der Waals surface area contributed by atoms with E-state index in [1.807, 2.05) is 12.1 Å². The Bertz CT molecular complexity index is 777. The molecule has 0 spiro atoms. The van der Waals surface area contributed by atoms with Crippen molar-refractivity contribution in [2.75, 3.05) is 13.7 Å². The monoisotopic (exact) mass is 355 g/mol. The third kappa shape index (κ3) is 4.37. The van der Waals surface area contributed by atoms with Crippen LogP contribution in [-0.2, 0) is 16.6 Å². The molecule has 7 heteroatoms. The summed E-state index contributed by atoms with van der Waals surface area (Å²) in [6.45, 7) is 2.24. The Balaban J connectivity index is 2.27. The first kappa shape index (κ1) is 17.6. The first-order valence-electron chi connectivity index (χ1n) is 7.02. The molecule has 0 heterocycles. The Morgan fingerprint density at radius 2 is 1.87 bits per heavy atom. The van der Waals surface area contributed by atoms with Crippen LogP contribution in [0.25, 0.3) is 0 Å². The molecule has 0 unspecified atom stereocenters. The Morgan fingerprint density at radius 3 is 2.57 bits per heavy atom. The van der Waals surface area contributed by atoms with E-state index in [2.05, 4.69) is 4.72 Å². The lowest BCUT2D eigenvalue weighted by molar-refractivity contribution is 0.331. The molecule has 5 nitrogen and oxygen atoms in total. The number of ether oxygens (including phenoxy) is 2. The minimum Gasteiger partial charge on any atom is -0.496 e. The molecule has 0 atom stereocenters. The summed E-state index contributed by atoms with van der Waals surface area (Å²) in [6.07, 6.45) is 0. The molecule has 0 saturated heterocycles. The molecule has 0 aliphatic heterocycles. The lowest BCUT2D eigenvalue weighted by Gasteiger charge is -2.13. The molecular formula is C16H18ClNO4S. The van der Waals surface area contributed by atoms with E-state index in [-0.39, 0.29) is 17.2 Å². The third-order valence-corrected chi connectivity index (χ3v) is 4.80. The van der Waals surface area contributed by atoms with Crippen molar-refractivity contribution in [2.24, 2.45) is 0 Å². The number of para-hydroxylation sites is 1. The summed E-state index contributed by atoms with van der Waals surface area (Å²) in [5.41, 5.74) is 0.735. The van der Waals surface area contributed by atoms with Crippen LogP contribution in [-0.4, -0.2) is 22.1 Å². The van der Waals surface area contributed by atoms with Gasteiger partial charge >= 0.3 is 0 Å². The van der Waals surface area contributed by atoms with Gasteiger partial charge in [-0.1, -0.05) is 29.8 Å². The Hall–Kier alpha value is -1.76. The van der Waals surface area contributed by atoms with Crippen LogP contribution < -0.4 is 14.2 Å². The fourth-order valence-electron chi connectivity index (χ4n) is 2.07. The molecule has 2 aromatic rings. The summed E-state index contributed by atoms with van der Waals surface area (Å²) in [4.78, 5) is 0.0155. The van der Waals surface area contributed by atoms with E-state index >= 15 is 0 Å². The molecule has 0 fully saturated rings. The number of nitrogens with one attached hydrogen (secondary N) is 1. The van der Waals surface area contributed by atoms with E-state index in [0.29, 0.717) is 17.4 Å². The highest BCUT2D eigenvalue weighted by Crippen LogP contribution is 2.27. The van der Waals surface area contributed by atoms with Crippen molar-refractivity contribution in [1.29, 1.82) is 0 Å². The molecule has 124 valence electrons. The summed E-state index contributed by atoms with van der Waals surface area (Å²) >= 11 is 5.92. The predicted molar refractivity (Wildman–Crippen MR) is 89.6 cm³/mol. The highest BCUT2D eigenvalue weighted by atomic mass is 35.5. The second-order valence-electron chi connectivity index (χ2n) is 4.66. The van der Waals surface area contributed by atoms with E-state index in [4.69, 9.17) is 21.1 Å². The minimum absolute atomic E-state index is 0.0155. The average molecular weight is 356 g/mol. The van der Waals surface area contributed by atoms with Gasteiger partial charge in [0.2, 0.25) is 10.0 Å². The van der Waals surface area contributed by atoms with Crippen LogP contribution in [0.1, 0.15) is 12.5 Å². The fraction of sp³-hybridized carbons (Fsp3) is 0.250. The van der Waals surface area contributed by atoms with Gasteiger partial charge in [-0.05, 0) is 31.2 Å². The lowest BCUT2D eigenvalue weighted by atomic mass is 10.2. The number of rotatable bonds is 7. The summed E-state index contributed by atoms with van der Waals surface area (Å²) in [5, 5.41) is 0.325. The van der Waals surface area contributed by atoms with Crippen LogP contribution in [0.4, 0.5) is 0 Å². The van der Waals surface area contributed by atoms with Crippen molar-refractivity contribution in [1.82, 2.24) is 4.72 Å². The van der Waals surface area contributed by atoms with Crippen molar-refractivity contribution in [3.8, 4) is 11.5 Å². The zero-order valence-corrected chi connectivity index (χ0v) is 14.4. The first-order chi connectivity index (χ1) is 11.0. The van der Waals surface area contributed by atoms with Gasteiger partial charge in [-0.25, -0.2) is 13.1 Å². The topological polar surface area (TPSA) is 64.6 Å². The molecule has 2 aromatic carbocycles. The summed E-state index contributed by atoms with van der Waals surface area (Å²) in [5.74, 6) is 0.885. The van der Waals surface area contributed by atoms with Crippen LogP contribution >= 0.6 is 11.6 Å². The molecule has 0 aromatic heterocycles. The first-order valence-corrected chi connectivity index (χ1v) is 8.88. The number of methoxy groups -OCH3 is 1. The maximum absolute atomic E-state index is 12.6. The highest BCUT2D eigenvalue weighted by Gasteiger charge is 2.20. The second-order valence-corrected chi connectivity index (χ2v) is 6.83. The van der Waals surface area contributed by atoms with E-state index in [0.717, 1.165) is 5.56 Å². The maximum atomic E-state index is 12.6. The molecule has 0 aliphatic carbocycles. The smallest absolute Gasteiger partial charge is 0.244 e. The zero-order chi connectivity index (χ0) is 16.9. The van der Waals surface area contributed by atoms with Gasteiger partial charge in [-0.15, -0.1) is 0 Å². The van der Waals surface area contributed by atoms with Gasteiger partial charge in [0.25, 0.3) is 0 Å². The third-order valence-electron chi connectivity index (χ3n) is 3.14. The van der Waals surface area contributed by atoms with E-state index in [1.54, 1.807) is 31.2 Å². The molecule has 0 amide bonds. The van der Waals surface area contributed by atoms with Crippen LogP contribution in [0.5, 0.6) is 11.5 Å². The Labute approximate surface area is 141 Å². The predicted octanol–water partition coefficient (Wildman–Crippen LogP) is 3.23. The van der Waals surface area contributed by atoms with Gasteiger partial charge in [0.1, 0.15) is 16.4 Å². The summed E-state index contributed by atoms with van der Waals surface area (Å²) < 4.78 is 38.3.